The SMILES string of the molecule is Cl.[N-]=[N+]=NCCN1CCNCCNCCNCC1. The second kappa shape index (κ2) is 12.9. The smallest absolute Gasteiger partial charge is 0.0385 e. The van der Waals surface area contributed by atoms with E-state index in [1.54, 1.807) is 0 Å². The molecular weight excluding hydrogens is 254 g/mol. The Balaban J connectivity index is 0.00000289. The average molecular weight is 278 g/mol. The normalized spacial score (nSPS) is 19.8. The zero-order chi connectivity index (χ0) is 12.2. The van der Waals surface area contributed by atoms with Crippen molar-refractivity contribution in [3.05, 3.63) is 10.4 Å². The van der Waals surface area contributed by atoms with Crippen LogP contribution in [0.1, 0.15) is 0 Å². The summed E-state index contributed by atoms with van der Waals surface area (Å²) >= 11 is 0. The minimum atomic E-state index is 0. The van der Waals surface area contributed by atoms with Gasteiger partial charge in [-0.25, -0.2) is 0 Å². The van der Waals surface area contributed by atoms with Gasteiger partial charge in [-0.1, -0.05) is 5.11 Å². The van der Waals surface area contributed by atoms with Gasteiger partial charge in [0.05, 0.1) is 0 Å². The van der Waals surface area contributed by atoms with Gasteiger partial charge in [-0.3, -0.25) is 0 Å². The lowest BCUT2D eigenvalue weighted by Crippen LogP contribution is -2.42. The van der Waals surface area contributed by atoms with Gasteiger partial charge in [0.2, 0.25) is 0 Å². The molecule has 0 saturated carbocycles. The summed E-state index contributed by atoms with van der Waals surface area (Å²) in [4.78, 5) is 5.10. The molecule has 106 valence electrons. The van der Waals surface area contributed by atoms with Crippen molar-refractivity contribution in [1.82, 2.24) is 20.9 Å². The van der Waals surface area contributed by atoms with Crippen LogP contribution in [-0.4, -0.2) is 70.3 Å². The third-order valence-corrected chi connectivity index (χ3v) is 2.75. The number of azide groups is 1. The molecule has 7 nitrogen and oxygen atoms in total. The van der Waals surface area contributed by atoms with Crippen LogP contribution < -0.4 is 16.0 Å². The minimum Gasteiger partial charge on any atom is -0.314 e. The zero-order valence-electron chi connectivity index (χ0n) is 10.8. The standard InChI is InChI=1S/C10H23N7.ClH/c11-16-15-7-10-17-8-5-13-3-1-12-2-4-14-6-9-17;/h12-14H,1-10H2;1H. The molecule has 0 aromatic rings. The first-order valence-electron chi connectivity index (χ1n) is 6.29. The number of nitrogens with one attached hydrogen (secondary N) is 3. The van der Waals surface area contributed by atoms with E-state index in [1.807, 2.05) is 0 Å². The second-order valence-electron chi connectivity index (χ2n) is 4.05. The maximum absolute atomic E-state index is 8.26. The lowest BCUT2D eigenvalue weighted by atomic mass is 10.4. The predicted octanol–water partition coefficient (Wildman–Crippen LogP) is -0.197. The Kier molecular flexibility index (Phi) is 12.5. The summed E-state index contributed by atoms with van der Waals surface area (Å²) in [6.45, 7) is 9.40. The van der Waals surface area contributed by atoms with Crippen molar-refractivity contribution in [3.8, 4) is 0 Å². The Morgan fingerprint density at radius 1 is 0.944 bits per heavy atom. The first kappa shape index (κ1) is 17.4. The van der Waals surface area contributed by atoms with Gasteiger partial charge in [0.15, 0.2) is 0 Å². The van der Waals surface area contributed by atoms with Gasteiger partial charge in [0.1, 0.15) is 0 Å². The molecule has 1 aliphatic heterocycles. The minimum absolute atomic E-state index is 0. The van der Waals surface area contributed by atoms with Crippen LogP contribution in [-0.2, 0) is 0 Å². The monoisotopic (exact) mass is 277 g/mol. The topological polar surface area (TPSA) is 88.1 Å². The summed E-state index contributed by atoms with van der Waals surface area (Å²) in [5, 5.41) is 13.7. The van der Waals surface area contributed by atoms with Crippen LogP contribution in [0.25, 0.3) is 10.4 Å². The van der Waals surface area contributed by atoms with Gasteiger partial charge >= 0.3 is 0 Å². The van der Waals surface area contributed by atoms with Crippen LogP contribution in [0.4, 0.5) is 0 Å². The van der Waals surface area contributed by atoms with Crippen molar-refractivity contribution in [2.24, 2.45) is 5.11 Å². The van der Waals surface area contributed by atoms with Gasteiger partial charge < -0.3 is 20.9 Å². The fourth-order valence-corrected chi connectivity index (χ4v) is 1.77. The van der Waals surface area contributed by atoms with E-state index >= 15 is 0 Å². The van der Waals surface area contributed by atoms with Crippen molar-refractivity contribution in [3.63, 3.8) is 0 Å². The molecule has 0 aliphatic carbocycles. The molecule has 1 heterocycles. The van der Waals surface area contributed by atoms with E-state index in [1.165, 1.54) is 0 Å². The molecule has 1 fully saturated rings. The molecule has 1 aliphatic rings. The van der Waals surface area contributed by atoms with E-state index in [4.69, 9.17) is 5.53 Å². The van der Waals surface area contributed by atoms with E-state index in [9.17, 15) is 0 Å². The van der Waals surface area contributed by atoms with E-state index in [-0.39, 0.29) is 12.4 Å². The van der Waals surface area contributed by atoms with Gasteiger partial charge in [-0.05, 0) is 5.53 Å². The molecule has 8 heteroatoms. The zero-order valence-corrected chi connectivity index (χ0v) is 11.6. The van der Waals surface area contributed by atoms with Crippen LogP contribution in [0, 0.1) is 0 Å². The first-order valence-corrected chi connectivity index (χ1v) is 6.29. The summed E-state index contributed by atoms with van der Waals surface area (Å²) in [5.41, 5.74) is 8.26. The van der Waals surface area contributed by atoms with Gasteiger partial charge in [0, 0.05) is 70.4 Å². The van der Waals surface area contributed by atoms with E-state index in [0.717, 1.165) is 58.9 Å². The summed E-state index contributed by atoms with van der Waals surface area (Å²) < 4.78 is 0. The molecule has 18 heavy (non-hydrogen) atoms. The predicted molar refractivity (Wildman–Crippen MR) is 76.3 cm³/mol. The average Bonchev–Trinajstić information content (AvgIpc) is 2.32. The van der Waals surface area contributed by atoms with Gasteiger partial charge in [-0.15, -0.1) is 12.4 Å². The largest absolute Gasteiger partial charge is 0.314 e. The lowest BCUT2D eigenvalue weighted by Gasteiger charge is -2.22. The Hall–Kier alpha value is -0.560. The number of halogens is 1. The quantitative estimate of drug-likeness (QED) is 0.379. The van der Waals surface area contributed by atoms with Crippen LogP contribution in [0.5, 0.6) is 0 Å². The third-order valence-electron chi connectivity index (χ3n) is 2.75. The Bertz CT molecular complexity index is 220. The maximum atomic E-state index is 8.26. The summed E-state index contributed by atoms with van der Waals surface area (Å²) in [7, 11) is 0. The molecule has 0 atom stereocenters. The molecule has 0 aromatic heterocycles. The Morgan fingerprint density at radius 2 is 1.44 bits per heavy atom. The number of rotatable bonds is 3. The second-order valence-corrected chi connectivity index (χ2v) is 4.05. The van der Waals surface area contributed by atoms with Crippen LogP contribution in [0.3, 0.4) is 0 Å². The molecule has 0 unspecified atom stereocenters. The van der Waals surface area contributed by atoms with Crippen LogP contribution >= 0.6 is 12.4 Å². The Morgan fingerprint density at radius 3 is 1.94 bits per heavy atom. The summed E-state index contributed by atoms with van der Waals surface area (Å²) in [5.74, 6) is 0. The molecule has 1 rings (SSSR count). The fraction of sp³-hybridized carbons (Fsp3) is 1.00. The van der Waals surface area contributed by atoms with Crippen molar-refractivity contribution < 1.29 is 0 Å². The summed E-state index contributed by atoms with van der Waals surface area (Å²) in [6, 6.07) is 0. The first-order chi connectivity index (χ1) is 8.43. The fourth-order valence-electron chi connectivity index (χ4n) is 1.77. The van der Waals surface area contributed by atoms with Crippen LogP contribution in [0.15, 0.2) is 5.11 Å². The molecule has 0 aromatic carbocycles. The van der Waals surface area contributed by atoms with Crippen molar-refractivity contribution in [2.75, 3.05) is 65.4 Å². The molecular formula is C10H24ClN7. The number of hydrogen-bond donors (Lipinski definition) is 3. The highest BCUT2D eigenvalue weighted by Crippen LogP contribution is 1.88. The molecule has 3 N–H and O–H groups in total. The van der Waals surface area contributed by atoms with Gasteiger partial charge in [-0.2, -0.15) is 0 Å². The maximum Gasteiger partial charge on any atom is 0.0385 e. The third kappa shape index (κ3) is 9.47. The summed E-state index contributed by atoms with van der Waals surface area (Å²) in [6.07, 6.45) is 0. The lowest BCUT2D eigenvalue weighted by molar-refractivity contribution is 0.278. The molecule has 0 radical (unpaired) electrons. The highest BCUT2D eigenvalue weighted by atomic mass is 35.5. The van der Waals surface area contributed by atoms with Crippen molar-refractivity contribution in [2.45, 2.75) is 0 Å². The number of nitrogens with zero attached hydrogens (tertiary/aromatic N) is 4. The highest BCUT2D eigenvalue weighted by Gasteiger charge is 2.04. The molecule has 0 spiro atoms. The van der Waals surface area contributed by atoms with Crippen LogP contribution in [0.2, 0.25) is 0 Å². The molecule has 0 amide bonds. The van der Waals surface area contributed by atoms with Crippen molar-refractivity contribution in [1.29, 1.82) is 0 Å². The van der Waals surface area contributed by atoms with Crippen molar-refractivity contribution >= 4 is 12.4 Å². The Labute approximate surface area is 115 Å². The van der Waals surface area contributed by atoms with Gasteiger partial charge in [0.25, 0.3) is 0 Å². The van der Waals surface area contributed by atoms with E-state index < -0.39 is 0 Å². The number of hydrogen-bond acceptors (Lipinski definition) is 5. The van der Waals surface area contributed by atoms with E-state index in [0.29, 0.717) is 6.54 Å². The molecule has 1 saturated heterocycles. The highest BCUT2D eigenvalue weighted by molar-refractivity contribution is 5.85. The molecule has 0 bridgehead atoms. The van der Waals surface area contributed by atoms with E-state index in [2.05, 4.69) is 30.9 Å².